The monoisotopic (exact) mass is 637 g/mol. The lowest BCUT2D eigenvalue weighted by molar-refractivity contribution is -0.125. The summed E-state index contributed by atoms with van der Waals surface area (Å²) in [7, 11) is 0. The van der Waals surface area contributed by atoms with Crippen molar-refractivity contribution in [3.05, 3.63) is 0 Å². The van der Waals surface area contributed by atoms with Crippen LogP contribution < -0.4 is 11.3 Å². The Kier molecular flexibility index (Phi) is 40.9. The summed E-state index contributed by atoms with van der Waals surface area (Å²) >= 11 is 0. The normalized spacial score (nSPS) is 11.4. The quantitative estimate of drug-likeness (QED) is 0.0304. The van der Waals surface area contributed by atoms with E-state index in [1.54, 1.807) is 0 Å². The van der Waals surface area contributed by atoms with E-state index in [9.17, 15) is 4.79 Å². The molecule has 0 saturated heterocycles. The summed E-state index contributed by atoms with van der Waals surface area (Å²) in [6.45, 7) is 3.04. The Morgan fingerprint density at radius 1 is 0.378 bits per heavy atom. The van der Waals surface area contributed by atoms with Crippen molar-refractivity contribution in [1.82, 2.24) is 5.43 Å². The first-order valence-electron chi connectivity index (χ1n) is 20.9. The van der Waals surface area contributed by atoms with E-state index in [0.29, 0.717) is 6.61 Å². The highest BCUT2D eigenvalue weighted by atomic mass is 16.5. The number of hydrogen-bond donors (Lipinski definition) is 2. The van der Waals surface area contributed by atoms with Crippen molar-refractivity contribution < 1.29 is 9.53 Å². The zero-order valence-corrected chi connectivity index (χ0v) is 31.0. The van der Waals surface area contributed by atoms with Crippen LogP contribution in [0.3, 0.4) is 0 Å². The molecule has 0 unspecified atom stereocenters. The van der Waals surface area contributed by atoms with E-state index < -0.39 is 0 Å². The van der Waals surface area contributed by atoms with Gasteiger partial charge in [-0.15, -0.1) is 0 Å². The standard InChI is InChI=1S/C41H84N2O2/c1-2-3-4-5-6-7-8-9-10-11-12-13-14-15-16-17-18-19-20-21-22-23-24-25-26-27-28-29-30-31-32-33-34-35-36-37-38-39-45-40-41(44)43-42/h2-40,42H2,1H3,(H,43,44). The summed E-state index contributed by atoms with van der Waals surface area (Å²) in [5.74, 6) is 4.77. The van der Waals surface area contributed by atoms with Gasteiger partial charge in [0, 0.05) is 6.61 Å². The van der Waals surface area contributed by atoms with Gasteiger partial charge in [-0.1, -0.05) is 238 Å². The number of unbranched alkanes of at least 4 members (excludes halogenated alkanes) is 36. The second kappa shape index (κ2) is 41.4. The van der Waals surface area contributed by atoms with E-state index in [2.05, 4.69) is 12.3 Å². The third-order valence-corrected chi connectivity index (χ3v) is 9.79. The first-order valence-corrected chi connectivity index (χ1v) is 20.9. The topological polar surface area (TPSA) is 64.3 Å². The average molecular weight is 637 g/mol. The Hall–Kier alpha value is -0.610. The minimum absolute atomic E-state index is 0.0796. The van der Waals surface area contributed by atoms with Crippen molar-refractivity contribution in [2.45, 2.75) is 244 Å². The number of rotatable bonds is 40. The number of carbonyl (C=O) groups excluding carboxylic acids is 1. The number of nitrogens with two attached hydrogens (primary N) is 1. The number of carbonyl (C=O) groups is 1. The Labute approximate surface area is 283 Å². The molecule has 0 aromatic rings. The van der Waals surface area contributed by atoms with Gasteiger partial charge >= 0.3 is 0 Å². The lowest BCUT2D eigenvalue weighted by atomic mass is 10.0. The molecule has 45 heavy (non-hydrogen) atoms. The molecule has 0 radical (unpaired) electrons. The third kappa shape index (κ3) is 41.4. The molecule has 0 bridgehead atoms. The number of ether oxygens (including phenoxy) is 1. The van der Waals surface area contributed by atoms with Crippen molar-refractivity contribution >= 4 is 5.91 Å². The summed E-state index contributed by atoms with van der Waals surface area (Å²) in [6.07, 6.45) is 53.1. The van der Waals surface area contributed by atoms with E-state index in [0.717, 1.165) is 6.42 Å². The smallest absolute Gasteiger partial charge is 0.259 e. The molecule has 4 heteroatoms. The zero-order chi connectivity index (χ0) is 32.6. The highest BCUT2D eigenvalue weighted by Crippen LogP contribution is 2.17. The van der Waals surface area contributed by atoms with Crippen molar-refractivity contribution in [2.24, 2.45) is 5.84 Å². The average Bonchev–Trinajstić information content (AvgIpc) is 3.05. The molecule has 4 nitrogen and oxygen atoms in total. The summed E-state index contributed by atoms with van der Waals surface area (Å²) in [4.78, 5) is 10.9. The highest BCUT2D eigenvalue weighted by molar-refractivity contribution is 5.76. The summed E-state index contributed by atoms with van der Waals surface area (Å²) in [6, 6.07) is 0. The summed E-state index contributed by atoms with van der Waals surface area (Å²) in [5.41, 5.74) is 2.08. The minimum Gasteiger partial charge on any atom is -0.372 e. The number of hydrogen-bond acceptors (Lipinski definition) is 3. The van der Waals surface area contributed by atoms with E-state index in [4.69, 9.17) is 10.6 Å². The largest absolute Gasteiger partial charge is 0.372 e. The van der Waals surface area contributed by atoms with Gasteiger partial charge in [0.2, 0.25) is 0 Å². The van der Waals surface area contributed by atoms with Gasteiger partial charge in [0.25, 0.3) is 5.91 Å². The Bertz CT molecular complexity index is 542. The number of hydrazine groups is 1. The van der Waals surface area contributed by atoms with E-state index >= 15 is 0 Å². The molecule has 0 aliphatic rings. The molecule has 0 heterocycles. The van der Waals surface area contributed by atoms with Gasteiger partial charge in [-0.2, -0.15) is 0 Å². The maximum atomic E-state index is 10.9. The molecule has 0 rings (SSSR count). The first-order chi connectivity index (χ1) is 22.3. The molecule has 0 aromatic carbocycles. The second-order valence-corrected chi connectivity index (χ2v) is 14.3. The van der Waals surface area contributed by atoms with Crippen LogP contribution in [-0.4, -0.2) is 19.1 Å². The molecule has 0 atom stereocenters. The Morgan fingerprint density at radius 3 is 0.778 bits per heavy atom. The van der Waals surface area contributed by atoms with E-state index in [1.165, 1.54) is 231 Å². The first kappa shape index (κ1) is 44.4. The van der Waals surface area contributed by atoms with Gasteiger partial charge in [-0.25, -0.2) is 5.84 Å². The Morgan fingerprint density at radius 2 is 0.578 bits per heavy atom. The van der Waals surface area contributed by atoms with Crippen molar-refractivity contribution in [2.75, 3.05) is 13.2 Å². The predicted molar refractivity (Wildman–Crippen MR) is 200 cm³/mol. The third-order valence-electron chi connectivity index (χ3n) is 9.79. The number of amides is 1. The predicted octanol–water partition coefficient (Wildman–Crippen LogP) is 13.4. The van der Waals surface area contributed by atoms with Gasteiger partial charge in [-0.05, 0) is 6.42 Å². The molecule has 0 aliphatic carbocycles. The molecule has 0 fully saturated rings. The number of nitrogens with one attached hydrogen (secondary N) is 1. The molecule has 0 saturated carbocycles. The van der Waals surface area contributed by atoms with Crippen LogP contribution in [0.5, 0.6) is 0 Å². The minimum atomic E-state index is -0.253. The van der Waals surface area contributed by atoms with Crippen LogP contribution in [0.2, 0.25) is 0 Å². The van der Waals surface area contributed by atoms with Crippen molar-refractivity contribution in [3.8, 4) is 0 Å². The van der Waals surface area contributed by atoms with Crippen molar-refractivity contribution in [1.29, 1.82) is 0 Å². The van der Waals surface area contributed by atoms with Gasteiger partial charge in [0.05, 0.1) is 0 Å². The lowest BCUT2D eigenvalue weighted by Crippen LogP contribution is -2.33. The molecular formula is C41H84N2O2. The highest BCUT2D eigenvalue weighted by Gasteiger charge is 1.99. The fourth-order valence-electron chi connectivity index (χ4n) is 6.67. The van der Waals surface area contributed by atoms with Crippen LogP contribution in [0.4, 0.5) is 0 Å². The van der Waals surface area contributed by atoms with E-state index in [1.807, 2.05) is 0 Å². The molecule has 0 aliphatic heterocycles. The van der Waals surface area contributed by atoms with E-state index in [-0.39, 0.29) is 12.5 Å². The van der Waals surface area contributed by atoms with Crippen LogP contribution in [0.1, 0.15) is 244 Å². The molecular weight excluding hydrogens is 552 g/mol. The van der Waals surface area contributed by atoms with Crippen LogP contribution in [0, 0.1) is 0 Å². The van der Waals surface area contributed by atoms with Crippen LogP contribution in [-0.2, 0) is 9.53 Å². The molecule has 1 amide bonds. The van der Waals surface area contributed by atoms with Crippen LogP contribution >= 0.6 is 0 Å². The second-order valence-electron chi connectivity index (χ2n) is 14.3. The molecule has 0 spiro atoms. The van der Waals surface area contributed by atoms with Gasteiger partial charge in [-0.3, -0.25) is 10.2 Å². The fourth-order valence-corrected chi connectivity index (χ4v) is 6.67. The molecule has 270 valence electrons. The maximum Gasteiger partial charge on any atom is 0.259 e. The van der Waals surface area contributed by atoms with Crippen LogP contribution in [0.25, 0.3) is 0 Å². The van der Waals surface area contributed by atoms with Gasteiger partial charge in [0.1, 0.15) is 6.61 Å². The molecule has 0 aromatic heterocycles. The Balaban J connectivity index is 3.05. The van der Waals surface area contributed by atoms with Crippen LogP contribution in [0.15, 0.2) is 0 Å². The zero-order valence-electron chi connectivity index (χ0n) is 31.0. The SMILES string of the molecule is CCCCCCCCCCCCCCCCCCCCCCCCCCCCCCCCCCCCCCCOCC(=O)NN. The van der Waals surface area contributed by atoms with Gasteiger partial charge < -0.3 is 4.74 Å². The summed E-state index contributed by atoms with van der Waals surface area (Å²) < 4.78 is 5.27. The van der Waals surface area contributed by atoms with Crippen molar-refractivity contribution in [3.63, 3.8) is 0 Å². The maximum absolute atomic E-state index is 10.9. The lowest BCUT2D eigenvalue weighted by Gasteiger charge is -2.05. The fraction of sp³-hybridized carbons (Fsp3) is 0.976. The summed E-state index contributed by atoms with van der Waals surface area (Å²) in [5, 5.41) is 0. The molecule has 3 N–H and O–H groups in total. The van der Waals surface area contributed by atoms with Gasteiger partial charge in [0.15, 0.2) is 0 Å².